The summed E-state index contributed by atoms with van der Waals surface area (Å²) in [6.07, 6.45) is 1.77. The third-order valence-corrected chi connectivity index (χ3v) is 3.02. The molecule has 20 heavy (non-hydrogen) atoms. The number of esters is 1. The van der Waals surface area contributed by atoms with Gasteiger partial charge in [0.15, 0.2) is 0 Å². The zero-order valence-electron chi connectivity index (χ0n) is 11.3. The predicted molar refractivity (Wildman–Crippen MR) is 74.9 cm³/mol. The molecule has 2 aromatic rings. The predicted octanol–water partition coefficient (Wildman–Crippen LogP) is 2.83. The van der Waals surface area contributed by atoms with Gasteiger partial charge in [-0.3, -0.25) is 4.68 Å². The Morgan fingerprint density at radius 1 is 1.40 bits per heavy atom. The van der Waals surface area contributed by atoms with Gasteiger partial charge in [-0.05, 0) is 19.1 Å². The van der Waals surface area contributed by atoms with Gasteiger partial charge in [-0.15, -0.1) is 5.10 Å². The van der Waals surface area contributed by atoms with Gasteiger partial charge in [0, 0.05) is 29.9 Å². The summed E-state index contributed by atoms with van der Waals surface area (Å²) in [5, 5.41) is 4.57. The van der Waals surface area contributed by atoms with Crippen LogP contribution in [-0.2, 0) is 18.4 Å². The van der Waals surface area contributed by atoms with Crippen LogP contribution in [-0.4, -0.2) is 22.4 Å². The zero-order valence-corrected chi connectivity index (χ0v) is 12.1. The molecule has 0 aliphatic carbocycles. The fourth-order valence-electron chi connectivity index (χ4n) is 1.72. The number of aromatic nitrogens is 2. The van der Waals surface area contributed by atoms with Gasteiger partial charge >= 0.3 is 5.97 Å². The van der Waals surface area contributed by atoms with Crippen LogP contribution in [0.1, 0.15) is 22.8 Å². The maximum atomic E-state index is 11.9. The monoisotopic (exact) mass is 294 g/mol. The molecule has 1 aromatic carbocycles. The quantitative estimate of drug-likeness (QED) is 0.796. The average Bonchev–Trinajstić information content (AvgIpc) is 2.83. The van der Waals surface area contributed by atoms with Crippen LogP contribution >= 0.6 is 11.6 Å². The summed E-state index contributed by atoms with van der Waals surface area (Å²) in [7, 11) is 1.80. The molecule has 0 bridgehead atoms. The molecule has 0 saturated carbocycles. The summed E-state index contributed by atoms with van der Waals surface area (Å²) in [5.41, 5.74) is 1.01. The summed E-state index contributed by atoms with van der Waals surface area (Å²) in [5.74, 6) is 0.0665. The maximum Gasteiger partial charge on any atom is 0.338 e. The average molecular weight is 295 g/mol. The normalized spacial score (nSPS) is 10.3. The van der Waals surface area contributed by atoms with Gasteiger partial charge in [-0.25, -0.2) is 4.79 Å². The zero-order chi connectivity index (χ0) is 14.5. The Labute approximate surface area is 122 Å². The van der Waals surface area contributed by atoms with Crippen molar-refractivity contribution in [1.82, 2.24) is 9.78 Å². The Balaban J connectivity index is 2.19. The topological polar surface area (TPSA) is 53.4 Å². The molecule has 1 heterocycles. The first kappa shape index (κ1) is 14.4. The Hall–Kier alpha value is -2.01. The number of ether oxygens (including phenoxy) is 2. The van der Waals surface area contributed by atoms with E-state index in [1.54, 1.807) is 49.1 Å². The molecule has 2 rings (SSSR count). The highest BCUT2D eigenvalue weighted by Crippen LogP contribution is 2.22. The molecule has 0 unspecified atom stereocenters. The van der Waals surface area contributed by atoms with Crippen molar-refractivity contribution in [2.24, 2.45) is 7.05 Å². The number of hydrogen-bond donors (Lipinski definition) is 0. The molecule has 0 saturated heterocycles. The summed E-state index contributed by atoms with van der Waals surface area (Å²) < 4.78 is 12.2. The van der Waals surface area contributed by atoms with Crippen molar-refractivity contribution in [1.29, 1.82) is 0 Å². The van der Waals surface area contributed by atoms with E-state index in [-0.39, 0.29) is 6.61 Å². The molecule has 1 aromatic heterocycles. The van der Waals surface area contributed by atoms with Crippen molar-refractivity contribution in [3.8, 4) is 5.88 Å². The molecule has 0 fully saturated rings. The highest BCUT2D eigenvalue weighted by atomic mass is 35.5. The molecule has 5 nitrogen and oxygen atoms in total. The van der Waals surface area contributed by atoms with Crippen molar-refractivity contribution < 1.29 is 14.3 Å². The van der Waals surface area contributed by atoms with Crippen LogP contribution in [0.25, 0.3) is 0 Å². The first-order valence-corrected chi connectivity index (χ1v) is 6.56. The number of benzene rings is 1. The largest absolute Gasteiger partial charge is 0.472 e. The van der Waals surface area contributed by atoms with Crippen LogP contribution in [0.4, 0.5) is 0 Å². The number of nitrogens with zero attached hydrogens (tertiary/aromatic N) is 2. The van der Waals surface area contributed by atoms with Gasteiger partial charge in [0.05, 0.1) is 12.2 Å². The molecule has 0 atom stereocenters. The van der Waals surface area contributed by atoms with Gasteiger partial charge in [-0.2, -0.15) is 0 Å². The molecule has 6 heteroatoms. The van der Waals surface area contributed by atoms with Gasteiger partial charge in [-0.1, -0.05) is 17.7 Å². The second kappa shape index (κ2) is 6.43. The maximum absolute atomic E-state index is 11.9. The van der Waals surface area contributed by atoms with E-state index in [9.17, 15) is 4.79 Å². The van der Waals surface area contributed by atoms with Crippen LogP contribution in [0.5, 0.6) is 5.88 Å². The van der Waals surface area contributed by atoms with E-state index in [2.05, 4.69) is 5.10 Å². The molecule has 0 aliphatic heterocycles. The van der Waals surface area contributed by atoms with E-state index in [4.69, 9.17) is 21.1 Å². The van der Waals surface area contributed by atoms with Crippen LogP contribution in [0.3, 0.4) is 0 Å². The Morgan fingerprint density at radius 3 is 2.85 bits per heavy atom. The van der Waals surface area contributed by atoms with Gasteiger partial charge in [0.2, 0.25) is 5.88 Å². The molecular formula is C14H15ClN2O3. The first-order chi connectivity index (χ1) is 9.61. The van der Waals surface area contributed by atoms with E-state index in [0.29, 0.717) is 28.6 Å². The van der Waals surface area contributed by atoms with Crippen molar-refractivity contribution in [3.05, 3.63) is 46.6 Å². The van der Waals surface area contributed by atoms with Crippen molar-refractivity contribution in [2.45, 2.75) is 13.5 Å². The number of hydrogen-bond acceptors (Lipinski definition) is 4. The van der Waals surface area contributed by atoms with E-state index in [1.165, 1.54) is 0 Å². The first-order valence-electron chi connectivity index (χ1n) is 6.18. The number of aryl methyl sites for hydroxylation is 1. The van der Waals surface area contributed by atoms with Crippen LogP contribution < -0.4 is 4.74 Å². The summed E-state index contributed by atoms with van der Waals surface area (Å²) in [6.45, 7) is 2.23. The molecule has 106 valence electrons. The standard InChI is InChI=1S/C14H15ClN2O3/c1-3-19-14(18)10-5-4-6-12(15)11(10)9-20-13-7-8-17(2)16-13/h4-8H,3,9H2,1-2H3. The highest BCUT2D eigenvalue weighted by Gasteiger charge is 2.16. The van der Waals surface area contributed by atoms with Gasteiger partial charge < -0.3 is 9.47 Å². The Morgan fingerprint density at radius 2 is 2.20 bits per heavy atom. The Kier molecular flexibility index (Phi) is 4.63. The second-order valence-electron chi connectivity index (χ2n) is 4.10. The Bertz CT molecular complexity index is 610. The van der Waals surface area contributed by atoms with E-state index < -0.39 is 5.97 Å². The molecule has 0 radical (unpaired) electrons. The molecule has 0 spiro atoms. The third-order valence-electron chi connectivity index (χ3n) is 2.67. The highest BCUT2D eigenvalue weighted by molar-refractivity contribution is 6.31. The van der Waals surface area contributed by atoms with Crippen LogP contribution in [0.15, 0.2) is 30.5 Å². The summed E-state index contributed by atoms with van der Waals surface area (Å²) in [4.78, 5) is 11.9. The third kappa shape index (κ3) is 3.30. The van der Waals surface area contributed by atoms with E-state index in [0.717, 1.165) is 0 Å². The van der Waals surface area contributed by atoms with E-state index >= 15 is 0 Å². The minimum Gasteiger partial charge on any atom is -0.472 e. The molecule has 0 aliphatic rings. The molecule has 0 amide bonds. The number of carbonyl (C=O) groups excluding carboxylic acids is 1. The lowest BCUT2D eigenvalue weighted by Crippen LogP contribution is -2.10. The summed E-state index contributed by atoms with van der Waals surface area (Å²) >= 11 is 6.13. The minimum atomic E-state index is -0.408. The molecule has 0 N–H and O–H groups in total. The van der Waals surface area contributed by atoms with Gasteiger partial charge in [0.25, 0.3) is 0 Å². The number of halogens is 1. The number of carbonyl (C=O) groups is 1. The molecular weight excluding hydrogens is 280 g/mol. The van der Waals surface area contributed by atoms with Crippen LogP contribution in [0, 0.1) is 0 Å². The lowest BCUT2D eigenvalue weighted by molar-refractivity contribution is 0.0523. The fourth-order valence-corrected chi connectivity index (χ4v) is 1.95. The minimum absolute atomic E-state index is 0.158. The smallest absolute Gasteiger partial charge is 0.338 e. The van der Waals surface area contributed by atoms with Crippen LogP contribution in [0.2, 0.25) is 5.02 Å². The lowest BCUT2D eigenvalue weighted by Gasteiger charge is -2.10. The van der Waals surface area contributed by atoms with Crippen molar-refractivity contribution >= 4 is 17.6 Å². The van der Waals surface area contributed by atoms with Gasteiger partial charge in [0.1, 0.15) is 6.61 Å². The fraction of sp³-hybridized carbons (Fsp3) is 0.286. The second-order valence-corrected chi connectivity index (χ2v) is 4.51. The van der Waals surface area contributed by atoms with E-state index in [1.807, 2.05) is 0 Å². The number of rotatable bonds is 5. The summed E-state index contributed by atoms with van der Waals surface area (Å²) in [6, 6.07) is 6.82. The lowest BCUT2D eigenvalue weighted by atomic mass is 10.1. The van der Waals surface area contributed by atoms with Crippen molar-refractivity contribution in [2.75, 3.05) is 6.61 Å². The SMILES string of the molecule is CCOC(=O)c1cccc(Cl)c1COc1ccn(C)n1. The van der Waals surface area contributed by atoms with Crippen molar-refractivity contribution in [3.63, 3.8) is 0 Å².